The third-order valence-corrected chi connectivity index (χ3v) is 5.37. The Bertz CT molecular complexity index is 394. The van der Waals surface area contributed by atoms with Crippen molar-refractivity contribution in [1.82, 2.24) is 4.90 Å². The van der Waals surface area contributed by atoms with E-state index in [2.05, 4.69) is 0 Å². The Hall–Kier alpha value is -1.10. The lowest BCUT2D eigenvalue weighted by atomic mass is 9.79. The van der Waals surface area contributed by atoms with E-state index in [1.165, 1.54) is 0 Å². The second kappa shape index (κ2) is 4.78. The molecule has 0 radical (unpaired) electrons. The second-order valence-electron chi connectivity index (χ2n) is 6.35. The molecule has 0 unspecified atom stereocenters. The molecular formula is C14H22N2O3. The third kappa shape index (κ3) is 2.04. The molecule has 3 fully saturated rings. The van der Waals surface area contributed by atoms with Crippen molar-refractivity contribution in [2.75, 3.05) is 6.54 Å². The minimum absolute atomic E-state index is 0.133. The van der Waals surface area contributed by atoms with Crippen molar-refractivity contribution in [3.8, 4) is 0 Å². The zero-order valence-corrected chi connectivity index (χ0v) is 11.1. The number of carboxylic acid groups (broad SMARTS) is 1. The van der Waals surface area contributed by atoms with E-state index in [1.54, 1.807) is 4.90 Å². The van der Waals surface area contributed by atoms with E-state index in [9.17, 15) is 14.7 Å². The highest BCUT2D eigenvalue weighted by Crippen LogP contribution is 2.43. The molecule has 1 heterocycles. The van der Waals surface area contributed by atoms with Crippen molar-refractivity contribution in [3.63, 3.8) is 0 Å². The molecular weight excluding hydrogens is 244 g/mol. The summed E-state index contributed by atoms with van der Waals surface area (Å²) in [6, 6.07) is -1.12. The van der Waals surface area contributed by atoms with E-state index in [0.717, 1.165) is 38.5 Å². The van der Waals surface area contributed by atoms with Gasteiger partial charge in [-0.2, -0.15) is 0 Å². The number of hydrogen-bond donors (Lipinski definition) is 2. The molecule has 0 spiro atoms. The van der Waals surface area contributed by atoms with Crippen molar-refractivity contribution < 1.29 is 14.7 Å². The number of likely N-dealkylation sites (tertiary alicyclic amines) is 1. The first-order valence-corrected chi connectivity index (χ1v) is 7.38. The fourth-order valence-electron chi connectivity index (χ4n) is 4.04. The molecule has 1 aliphatic heterocycles. The van der Waals surface area contributed by atoms with Crippen LogP contribution in [0.4, 0.5) is 0 Å². The van der Waals surface area contributed by atoms with Gasteiger partial charge in [-0.15, -0.1) is 0 Å². The third-order valence-electron chi connectivity index (χ3n) is 5.37. The van der Waals surface area contributed by atoms with Crippen molar-refractivity contribution in [3.05, 3.63) is 0 Å². The minimum atomic E-state index is -0.858. The van der Waals surface area contributed by atoms with E-state index in [4.69, 9.17) is 5.73 Å². The quantitative estimate of drug-likeness (QED) is 0.792. The molecule has 5 heteroatoms. The summed E-state index contributed by atoms with van der Waals surface area (Å²) in [5, 5.41) is 9.44. The van der Waals surface area contributed by atoms with Gasteiger partial charge in [0.05, 0.1) is 6.04 Å². The zero-order chi connectivity index (χ0) is 13.6. The Labute approximate surface area is 113 Å². The summed E-state index contributed by atoms with van der Waals surface area (Å²) in [6.45, 7) is 0.598. The Balaban J connectivity index is 1.75. The molecule has 0 bridgehead atoms. The van der Waals surface area contributed by atoms with Gasteiger partial charge in [-0.1, -0.05) is 12.8 Å². The van der Waals surface area contributed by atoms with Crippen LogP contribution in [-0.2, 0) is 9.59 Å². The van der Waals surface area contributed by atoms with Gasteiger partial charge in [0.1, 0.15) is 6.04 Å². The molecule has 2 saturated carbocycles. The first-order valence-electron chi connectivity index (χ1n) is 7.38. The summed E-state index contributed by atoms with van der Waals surface area (Å²) in [5.41, 5.74) is 6.03. The van der Waals surface area contributed by atoms with Crippen molar-refractivity contribution in [2.24, 2.45) is 23.5 Å². The summed E-state index contributed by atoms with van der Waals surface area (Å²) in [7, 11) is 0. The summed E-state index contributed by atoms with van der Waals surface area (Å²) in [5.74, 6) is -0.203. The Morgan fingerprint density at radius 1 is 1.16 bits per heavy atom. The number of aliphatic carboxylic acids is 1. The Morgan fingerprint density at radius 3 is 2.42 bits per heavy atom. The van der Waals surface area contributed by atoms with E-state index in [1.807, 2.05) is 0 Å². The molecule has 1 saturated heterocycles. The molecule has 0 aromatic rings. The molecule has 0 aromatic carbocycles. The van der Waals surface area contributed by atoms with E-state index < -0.39 is 18.1 Å². The highest BCUT2D eigenvalue weighted by molar-refractivity contribution is 5.88. The highest BCUT2D eigenvalue weighted by atomic mass is 16.4. The topological polar surface area (TPSA) is 83.6 Å². The second-order valence-corrected chi connectivity index (χ2v) is 6.35. The minimum Gasteiger partial charge on any atom is -0.480 e. The molecule has 2 aliphatic carbocycles. The van der Waals surface area contributed by atoms with Gasteiger partial charge in [0.15, 0.2) is 0 Å². The van der Waals surface area contributed by atoms with Crippen LogP contribution in [-0.4, -0.2) is 40.5 Å². The molecule has 3 aliphatic rings. The fraction of sp³-hybridized carbons (Fsp3) is 0.857. The first kappa shape index (κ1) is 12.9. The van der Waals surface area contributed by atoms with Crippen LogP contribution in [0.1, 0.15) is 38.5 Å². The van der Waals surface area contributed by atoms with Crippen LogP contribution in [0, 0.1) is 17.8 Å². The molecule has 4 atom stereocenters. The van der Waals surface area contributed by atoms with Gasteiger partial charge < -0.3 is 15.7 Å². The molecule has 19 heavy (non-hydrogen) atoms. The normalized spacial score (nSPS) is 35.8. The SMILES string of the molecule is N[C@H](C(=O)N1C[C@@H]2CCC[C@@H]2[C@H]1C(=O)O)C1CCC1. The zero-order valence-electron chi connectivity index (χ0n) is 11.1. The van der Waals surface area contributed by atoms with Crippen molar-refractivity contribution >= 4 is 11.9 Å². The molecule has 0 aromatic heterocycles. The van der Waals surface area contributed by atoms with Gasteiger partial charge in [-0.3, -0.25) is 4.79 Å². The highest BCUT2D eigenvalue weighted by Gasteiger charge is 2.50. The maximum absolute atomic E-state index is 12.5. The van der Waals surface area contributed by atoms with Gasteiger partial charge in [0.25, 0.3) is 0 Å². The van der Waals surface area contributed by atoms with Crippen LogP contribution in [0.3, 0.4) is 0 Å². The number of carboxylic acids is 1. The maximum Gasteiger partial charge on any atom is 0.326 e. The number of carbonyl (C=O) groups excluding carboxylic acids is 1. The van der Waals surface area contributed by atoms with Crippen LogP contribution in [0.2, 0.25) is 0 Å². The summed E-state index contributed by atoms with van der Waals surface area (Å²) in [4.78, 5) is 25.5. The van der Waals surface area contributed by atoms with Crippen molar-refractivity contribution in [2.45, 2.75) is 50.6 Å². The lowest BCUT2D eigenvalue weighted by Gasteiger charge is -2.34. The maximum atomic E-state index is 12.5. The number of fused-ring (bicyclic) bond motifs is 1. The average molecular weight is 266 g/mol. The van der Waals surface area contributed by atoms with Gasteiger partial charge in [-0.05, 0) is 43.4 Å². The molecule has 5 nitrogen and oxygen atoms in total. The monoisotopic (exact) mass is 266 g/mol. The van der Waals surface area contributed by atoms with E-state index in [0.29, 0.717) is 12.5 Å². The van der Waals surface area contributed by atoms with Crippen LogP contribution < -0.4 is 5.73 Å². The first-order chi connectivity index (χ1) is 9.09. The summed E-state index contributed by atoms with van der Waals surface area (Å²) < 4.78 is 0. The standard InChI is InChI=1S/C14H22N2O3/c15-11(8-3-1-4-8)13(17)16-7-9-5-2-6-10(9)12(16)14(18)19/h8-12H,1-7,15H2,(H,18,19)/t9-,10-,11-,12-/m0/s1. The lowest BCUT2D eigenvalue weighted by molar-refractivity contribution is -0.150. The number of amides is 1. The molecule has 3 N–H and O–H groups in total. The predicted molar refractivity (Wildman–Crippen MR) is 69.3 cm³/mol. The van der Waals surface area contributed by atoms with Gasteiger partial charge >= 0.3 is 5.97 Å². The summed E-state index contributed by atoms with van der Waals surface area (Å²) >= 11 is 0. The smallest absolute Gasteiger partial charge is 0.326 e. The van der Waals surface area contributed by atoms with Crippen LogP contribution in [0.5, 0.6) is 0 Å². The largest absolute Gasteiger partial charge is 0.480 e. The van der Waals surface area contributed by atoms with Crippen LogP contribution in [0.25, 0.3) is 0 Å². The molecule has 3 rings (SSSR count). The van der Waals surface area contributed by atoms with E-state index >= 15 is 0 Å². The van der Waals surface area contributed by atoms with Crippen molar-refractivity contribution in [1.29, 1.82) is 0 Å². The van der Waals surface area contributed by atoms with E-state index in [-0.39, 0.29) is 17.7 Å². The number of rotatable bonds is 3. The predicted octanol–water partition coefficient (Wildman–Crippen LogP) is 0.825. The molecule has 106 valence electrons. The van der Waals surface area contributed by atoms with Crippen LogP contribution in [0.15, 0.2) is 0 Å². The number of nitrogens with zero attached hydrogens (tertiary/aromatic N) is 1. The fourth-order valence-corrected chi connectivity index (χ4v) is 4.04. The lowest BCUT2D eigenvalue weighted by Crippen LogP contribution is -2.53. The van der Waals surface area contributed by atoms with Crippen LogP contribution >= 0.6 is 0 Å². The number of hydrogen-bond acceptors (Lipinski definition) is 3. The number of nitrogens with two attached hydrogens (primary N) is 1. The van der Waals surface area contributed by atoms with Gasteiger partial charge in [0, 0.05) is 6.54 Å². The Morgan fingerprint density at radius 2 is 1.84 bits per heavy atom. The number of carbonyl (C=O) groups is 2. The Kier molecular flexibility index (Phi) is 3.25. The summed E-state index contributed by atoms with van der Waals surface area (Å²) in [6.07, 6.45) is 6.23. The average Bonchev–Trinajstić information content (AvgIpc) is 2.83. The molecule has 1 amide bonds. The van der Waals surface area contributed by atoms with Gasteiger partial charge in [-0.25, -0.2) is 4.79 Å². The van der Waals surface area contributed by atoms with Gasteiger partial charge in [0.2, 0.25) is 5.91 Å².